The maximum atomic E-state index is 5.83. The summed E-state index contributed by atoms with van der Waals surface area (Å²) in [5.41, 5.74) is 3.59. The van der Waals surface area contributed by atoms with E-state index in [4.69, 9.17) is 16.3 Å². The van der Waals surface area contributed by atoms with Gasteiger partial charge in [-0.25, -0.2) is 0 Å². The van der Waals surface area contributed by atoms with Gasteiger partial charge in [0.2, 0.25) is 0 Å². The minimum atomic E-state index is 0.630. The SMILES string of the molecule is Cc1ccc(OCCNc2ccc(Cl)cc2)cc1C. The molecule has 3 heteroatoms. The topological polar surface area (TPSA) is 21.3 Å². The van der Waals surface area contributed by atoms with Crippen LogP contribution in [0.25, 0.3) is 0 Å². The van der Waals surface area contributed by atoms with Crippen molar-refractivity contribution in [2.24, 2.45) is 0 Å². The molecular weight excluding hydrogens is 258 g/mol. The van der Waals surface area contributed by atoms with E-state index in [1.165, 1.54) is 11.1 Å². The summed E-state index contributed by atoms with van der Waals surface area (Å²) < 4.78 is 5.70. The van der Waals surface area contributed by atoms with Crippen LogP contribution in [0.4, 0.5) is 5.69 Å². The fourth-order valence-corrected chi connectivity index (χ4v) is 1.86. The average molecular weight is 276 g/mol. The highest BCUT2D eigenvalue weighted by molar-refractivity contribution is 6.30. The van der Waals surface area contributed by atoms with E-state index in [0.717, 1.165) is 23.0 Å². The van der Waals surface area contributed by atoms with Crippen LogP contribution in [0.5, 0.6) is 5.75 Å². The number of nitrogens with one attached hydrogen (secondary N) is 1. The Morgan fingerprint density at radius 3 is 2.42 bits per heavy atom. The van der Waals surface area contributed by atoms with Gasteiger partial charge in [-0.1, -0.05) is 17.7 Å². The summed E-state index contributed by atoms with van der Waals surface area (Å²) in [5, 5.41) is 4.03. The second-order valence-corrected chi connectivity index (χ2v) is 4.96. The third kappa shape index (κ3) is 4.18. The molecule has 0 radical (unpaired) electrons. The molecule has 2 aromatic rings. The first-order chi connectivity index (χ1) is 9.15. The Labute approximate surface area is 119 Å². The molecule has 0 saturated carbocycles. The van der Waals surface area contributed by atoms with Crippen LogP contribution in [0.1, 0.15) is 11.1 Å². The van der Waals surface area contributed by atoms with Gasteiger partial charge >= 0.3 is 0 Å². The third-order valence-electron chi connectivity index (χ3n) is 3.02. The van der Waals surface area contributed by atoms with Crippen molar-refractivity contribution < 1.29 is 4.74 Å². The fraction of sp³-hybridized carbons (Fsp3) is 0.250. The highest BCUT2D eigenvalue weighted by atomic mass is 35.5. The highest BCUT2D eigenvalue weighted by Gasteiger charge is 1.97. The summed E-state index contributed by atoms with van der Waals surface area (Å²) in [5.74, 6) is 0.918. The van der Waals surface area contributed by atoms with Crippen LogP contribution < -0.4 is 10.1 Å². The molecule has 1 N–H and O–H groups in total. The van der Waals surface area contributed by atoms with Crippen molar-refractivity contribution in [2.45, 2.75) is 13.8 Å². The normalized spacial score (nSPS) is 10.3. The Morgan fingerprint density at radius 2 is 1.74 bits per heavy atom. The lowest BCUT2D eigenvalue weighted by atomic mass is 10.1. The third-order valence-corrected chi connectivity index (χ3v) is 3.27. The van der Waals surface area contributed by atoms with Crippen LogP contribution in [0.3, 0.4) is 0 Å². The first-order valence-electron chi connectivity index (χ1n) is 6.34. The zero-order valence-corrected chi connectivity index (χ0v) is 12.0. The zero-order valence-electron chi connectivity index (χ0n) is 11.2. The molecule has 0 unspecified atom stereocenters. The van der Waals surface area contributed by atoms with Crippen molar-refractivity contribution in [2.75, 3.05) is 18.5 Å². The van der Waals surface area contributed by atoms with Crippen LogP contribution >= 0.6 is 11.6 Å². The van der Waals surface area contributed by atoms with E-state index in [1.54, 1.807) is 0 Å². The molecular formula is C16H18ClNO. The molecule has 0 aliphatic rings. The summed E-state index contributed by atoms with van der Waals surface area (Å²) in [4.78, 5) is 0. The summed E-state index contributed by atoms with van der Waals surface area (Å²) >= 11 is 5.83. The van der Waals surface area contributed by atoms with Gasteiger partial charge in [0.05, 0.1) is 0 Å². The van der Waals surface area contributed by atoms with Gasteiger partial charge in [0, 0.05) is 17.3 Å². The molecule has 0 saturated heterocycles. The Hall–Kier alpha value is -1.67. The first-order valence-corrected chi connectivity index (χ1v) is 6.72. The molecule has 0 aliphatic carbocycles. The average Bonchev–Trinajstić information content (AvgIpc) is 2.41. The minimum absolute atomic E-state index is 0.630. The van der Waals surface area contributed by atoms with Gasteiger partial charge in [-0.15, -0.1) is 0 Å². The molecule has 0 fully saturated rings. The molecule has 2 nitrogen and oxygen atoms in total. The number of hydrogen-bond acceptors (Lipinski definition) is 2. The molecule has 100 valence electrons. The van der Waals surface area contributed by atoms with Gasteiger partial charge in [-0.05, 0) is 61.4 Å². The lowest BCUT2D eigenvalue weighted by Crippen LogP contribution is -2.11. The molecule has 0 aromatic heterocycles. The lowest BCUT2D eigenvalue weighted by molar-refractivity contribution is 0.332. The Bertz CT molecular complexity index is 537. The van der Waals surface area contributed by atoms with E-state index in [2.05, 4.69) is 31.3 Å². The molecule has 0 heterocycles. The molecule has 0 amide bonds. The van der Waals surface area contributed by atoms with Crippen molar-refractivity contribution in [3.63, 3.8) is 0 Å². The van der Waals surface area contributed by atoms with E-state index in [9.17, 15) is 0 Å². The van der Waals surface area contributed by atoms with Crippen LogP contribution in [0.15, 0.2) is 42.5 Å². The summed E-state index contributed by atoms with van der Waals surface area (Å²) in [6.07, 6.45) is 0. The zero-order chi connectivity index (χ0) is 13.7. The van der Waals surface area contributed by atoms with E-state index < -0.39 is 0 Å². The second kappa shape index (κ2) is 6.48. The van der Waals surface area contributed by atoms with Crippen molar-refractivity contribution in [3.8, 4) is 5.75 Å². The summed E-state index contributed by atoms with van der Waals surface area (Å²) in [6.45, 7) is 5.58. The number of rotatable bonds is 5. The van der Waals surface area contributed by atoms with Crippen molar-refractivity contribution in [3.05, 3.63) is 58.6 Å². The van der Waals surface area contributed by atoms with E-state index in [1.807, 2.05) is 30.3 Å². The number of halogens is 1. The maximum Gasteiger partial charge on any atom is 0.119 e. The quantitative estimate of drug-likeness (QED) is 0.814. The fourth-order valence-electron chi connectivity index (χ4n) is 1.74. The van der Waals surface area contributed by atoms with Crippen molar-refractivity contribution >= 4 is 17.3 Å². The lowest BCUT2D eigenvalue weighted by Gasteiger charge is -2.10. The van der Waals surface area contributed by atoms with E-state index in [-0.39, 0.29) is 0 Å². The Balaban J connectivity index is 1.77. The van der Waals surface area contributed by atoms with Gasteiger partial charge in [0.15, 0.2) is 0 Å². The number of ether oxygens (including phenoxy) is 1. The van der Waals surface area contributed by atoms with Crippen LogP contribution in [-0.2, 0) is 0 Å². The first kappa shape index (κ1) is 13.8. The Morgan fingerprint density at radius 1 is 1.00 bits per heavy atom. The van der Waals surface area contributed by atoms with Crippen LogP contribution in [0.2, 0.25) is 5.02 Å². The second-order valence-electron chi connectivity index (χ2n) is 4.53. The van der Waals surface area contributed by atoms with Crippen molar-refractivity contribution in [1.82, 2.24) is 0 Å². The van der Waals surface area contributed by atoms with Gasteiger partial charge in [0.25, 0.3) is 0 Å². The van der Waals surface area contributed by atoms with Gasteiger partial charge in [-0.3, -0.25) is 0 Å². The molecule has 2 aromatic carbocycles. The van der Waals surface area contributed by atoms with Gasteiger partial charge in [-0.2, -0.15) is 0 Å². The predicted molar refractivity (Wildman–Crippen MR) is 81.4 cm³/mol. The van der Waals surface area contributed by atoms with Gasteiger partial charge < -0.3 is 10.1 Å². The van der Waals surface area contributed by atoms with Crippen LogP contribution in [-0.4, -0.2) is 13.2 Å². The summed E-state index contributed by atoms with van der Waals surface area (Å²) in [6, 6.07) is 13.8. The highest BCUT2D eigenvalue weighted by Crippen LogP contribution is 2.16. The maximum absolute atomic E-state index is 5.83. The Kier molecular flexibility index (Phi) is 4.69. The molecule has 19 heavy (non-hydrogen) atoms. The number of aryl methyl sites for hydroxylation is 2. The minimum Gasteiger partial charge on any atom is -0.492 e. The van der Waals surface area contributed by atoms with Crippen molar-refractivity contribution in [1.29, 1.82) is 0 Å². The number of benzene rings is 2. The monoisotopic (exact) mass is 275 g/mol. The molecule has 0 aliphatic heterocycles. The molecule has 2 rings (SSSR count). The van der Waals surface area contributed by atoms with Gasteiger partial charge in [0.1, 0.15) is 12.4 Å². The van der Waals surface area contributed by atoms with Crippen LogP contribution in [0, 0.1) is 13.8 Å². The number of anilines is 1. The summed E-state index contributed by atoms with van der Waals surface area (Å²) in [7, 11) is 0. The number of hydrogen-bond donors (Lipinski definition) is 1. The standard InChI is InChI=1S/C16H18ClNO/c1-12-3-8-16(11-13(12)2)19-10-9-18-15-6-4-14(17)5-7-15/h3-8,11,18H,9-10H2,1-2H3. The molecule has 0 bridgehead atoms. The smallest absolute Gasteiger partial charge is 0.119 e. The van der Waals surface area contributed by atoms with E-state index in [0.29, 0.717) is 6.61 Å². The van der Waals surface area contributed by atoms with E-state index >= 15 is 0 Å². The molecule has 0 atom stereocenters. The molecule has 0 spiro atoms. The predicted octanol–water partition coefficient (Wildman–Crippen LogP) is 4.45. The largest absolute Gasteiger partial charge is 0.492 e.